The molecule has 5 rings (SSSR count). The number of carbonyl (C=O) groups is 1. The SMILES string of the molecule is CC(C)(C)OC(=O)N1C[C@@H]2[C@@H](c3nn(C4CC4)c4c(F)c(Cl)nc(Br)c34)[C@@H]2[C@H]1CO[Si](C)(C)C(C)(C)C. The minimum atomic E-state index is -2.05. The van der Waals surface area contributed by atoms with E-state index in [-0.39, 0.29) is 46.1 Å². The van der Waals surface area contributed by atoms with Crippen molar-refractivity contribution < 1.29 is 18.3 Å². The van der Waals surface area contributed by atoms with Crippen LogP contribution in [-0.2, 0) is 9.16 Å². The van der Waals surface area contributed by atoms with Gasteiger partial charge in [0.1, 0.15) is 15.7 Å². The van der Waals surface area contributed by atoms with Gasteiger partial charge in [-0.05, 0) is 79.5 Å². The maximum absolute atomic E-state index is 15.2. The molecule has 1 amide bonds. The average molecular weight is 616 g/mol. The molecule has 2 aliphatic carbocycles. The topological polar surface area (TPSA) is 69.5 Å². The van der Waals surface area contributed by atoms with Crippen molar-refractivity contribution in [3.05, 3.63) is 21.3 Å². The lowest BCUT2D eigenvalue weighted by molar-refractivity contribution is 0.0134. The molecule has 2 aromatic rings. The van der Waals surface area contributed by atoms with Crippen molar-refractivity contribution in [3.8, 4) is 0 Å². The van der Waals surface area contributed by atoms with E-state index in [4.69, 9.17) is 25.9 Å². The van der Waals surface area contributed by atoms with Crippen LogP contribution in [0, 0.1) is 17.7 Å². The summed E-state index contributed by atoms with van der Waals surface area (Å²) in [4.78, 5) is 19.3. The van der Waals surface area contributed by atoms with Crippen LogP contribution in [0.5, 0.6) is 0 Å². The maximum atomic E-state index is 15.2. The largest absolute Gasteiger partial charge is 0.444 e. The fraction of sp³-hybridized carbons (Fsp3) is 0.731. The second kappa shape index (κ2) is 8.89. The Morgan fingerprint density at radius 3 is 2.43 bits per heavy atom. The molecule has 3 fully saturated rings. The van der Waals surface area contributed by atoms with Gasteiger partial charge < -0.3 is 14.1 Å². The van der Waals surface area contributed by atoms with Gasteiger partial charge in [-0.15, -0.1) is 0 Å². The number of ether oxygens (including phenoxy) is 1. The zero-order chi connectivity index (χ0) is 27.2. The molecule has 0 spiro atoms. The minimum Gasteiger partial charge on any atom is -0.444 e. The second-order valence-corrected chi connectivity index (χ2v) is 19.2. The number of rotatable bonds is 5. The van der Waals surface area contributed by atoms with Gasteiger partial charge in [0.05, 0.1) is 29.8 Å². The smallest absolute Gasteiger partial charge is 0.410 e. The molecule has 37 heavy (non-hydrogen) atoms. The summed E-state index contributed by atoms with van der Waals surface area (Å²) in [5.74, 6) is -0.0667. The number of amides is 1. The molecule has 0 radical (unpaired) electrons. The third-order valence-corrected chi connectivity index (χ3v) is 13.8. The van der Waals surface area contributed by atoms with E-state index in [1.807, 2.05) is 25.7 Å². The van der Waals surface area contributed by atoms with E-state index in [9.17, 15) is 4.79 Å². The molecule has 7 nitrogen and oxygen atoms in total. The van der Waals surface area contributed by atoms with Crippen LogP contribution >= 0.6 is 27.5 Å². The fourth-order valence-corrected chi connectivity index (χ4v) is 7.19. The second-order valence-electron chi connectivity index (χ2n) is 13.3. The number of hydrogen-bond donors (Lipinski definition) is 0. The van der Waals surface area contributed by atoms with Crippen LogP contribution in [0.25, 0.3) is 10.9 Å². The van der Waals surface area contributed by atoms with Crippen LogP contribution in [0.1, 0.15) is 72.0 Å². The molecule has 2 aromatic heterocycles. The Balaban J connectivity index is 1.49. The van der Waals surface area contributed by atoms with Crippen molar-refractivity contribution in [2.75, 3.05) is 13.2 Å². The lowest BCUT2D eigenvalue weighted by atomic mass is 10.1. The van der Waals surface area contributed by atoms with Crippen LogP contribution in [0.15, 0.2) is 4.60 Å². The Hall–Kier alpha value is -1.23. The highest BCUT2D eigenvalue weighted by Crippen LogP contribution is 2.63. The number of aromatic nitrogens is 3. The predicted octanol–water partition coefficient (Wildman–Crippen LogP) is 7.29. The van der Waals surface area contributed by atoms with Gasteiger partial charge in [-0.1, -0.05) is 32.4 Å². The summed E-state index contributed by atoms with van der Waals surface area (Å²) in [6.45, 7) is 17.7. The number of nitrogens with zero attached hydrogens (tertiary/aromatic N) is 4. The average Bonchev–Trinajstić information content (AvgIpc) is 3.65. The van der Waals surface area contributed by atoms with Gasteiger partial charge in [-0.25, -0.2) is 14.2 Å². The van der Waals surface area contributed by atoms with Crippen molar-refractivity contribution in [2.24, 2.45) is 11.8 Å². The molecule has 0 N–H and O–H groups in total. The summed E-state index contributed by atoms with van der Waals surface area (Å²) in [5.41, 5.74) is 0.682. The Morgan fingerprint density at radius 2 is 1.86 bits per heavy atom. The third kappa shape index (κ3) is 4.85. The van der Waals surface area contributed by atoms with Crippen LogP contribution < -0.4 is 0 Å². The number of fused-ring (bicyclic) bond motifs is 2. The van der Waals surface area contributed by atoms with Crippen molar-refractivity contribution in [2.45, 2.75) is 96.1 Å². The molecule has 3 aliphatic rings. The molecule has 3 heterocycles. The zero-order valence-electron chi connectivity index (χ0n) is 22.9. The highest BCUT2D eigenvalue weighted by Gasteiger charge is 2.65. The first-order chi connectivity index (χ1) is 17.0. The number of halogens is 3. The van der Waals surface area contributed by atoms with Gasteiger partial charge in [-0.2, -0.15) is 5.10 Å². The number of likely N-dealkylation sites (tertiary alicyclic amines) is 1. The quantitative estimate of drug-likeness (QED) is 0.261. The molecule has 11 heteroatoms. The van der Waals surface area contributed by atoms with E-state index in [1.54, 1.807) is 4.68 Å². The van der Waals surface area contributed by atoms with Crippen LogP contribution in [0.3, 0.4) is 0 Å². The Morgan fingerprint density at radius 1 is 1.22 bits per heavy atom. The number of piperidine rings is 1. The monoisotopic (exact) mass is 614 g/mol. The van der Waals surface area contributed by atoms with Gasteiger partial charge in [0.15, 0.2) is 19.3 Å². The molecular formula is C26H37BrClFN4O3Si. The van der Waals surface area contributed by atoms with E-state index in [0.29, 0.717) is 28.7 Å². The predicted molar refractivity (Wildman–Crippen MR) is 148 cm³/mol. The number of carbonyl (C=O) groups excluding carboxylic acids is 1. The van der Waals surface area contributed by atoms with E-state index in [0.717, 1.165) is 18.5 Å². The first-order valence-electron chi connectivity index (χ1n) is 13.1. The Kier molecular flexibility index (Phi) is 6.57. The molecule has 1 aliphatic heterocycles. The summed E-state index contributed by atoms with van der Waals surface area (Å²) in [6, 6.07) is 0.0506. The first kappa shape index (κ1) is 27.3. The number of pyridine rings is 1. The molecular weight excluding hydrogens is 579 g/mol. The lowest BCUT2D eigenvalue weighted by Crippen LogP contribution is -2.48. The normalized spacial score (nSPS) is 26.1. The third-order valence-electron chi connectivity index (χ3n) is 8.47. The van der Waals surface area contributed by atoms with E-state index >= 15 is 4.39 Å². The molecule has 2 saturated carbocycles. The van der Waals surface area contributed by atoms with Gasteiger partial charge in [-0.3, -0.25) is 4.68 Å². The standard InChI is InChI=1S/C26H37BrClFN4O3Si/c1-25(2,3)36-24(34)32-11-14-16(15(32)12-35-37(7,8)26(4,5)6)17(14)20-18-21(33(31-20)13-9-10-13)19(29)23(28)30-22(18)27/h13-17H,9-12H2,1-8H3/t14-,15+,16-,17+/m0/s1. The fourth-order valence-electron chi connectivity index (χ4n) is 5.33. The van der Waals surface area contributed by atoms with Crippen molar-refractivity contribution in [1.29, 1.82) is 0 Å². The van der Waals surface area contributed by atoms with Gasteiger partial charge in [0.2, 0.25) is 0 Å². The van der Waals surface area contributed by atoms with Gasteiger partial charge in [0, 0.05) is 12.5 Å². The lowest BCUT2D eigenvalue weighted by Gasteiger charge is -2.39. The highest BCUT2D eigenvalue weighted by atomic mass is 79.9. The molecule has 0 unspecified atom stereocenters. The van der Waals surface area contributed by atoms with Crippen molar-refractivity contribution >= 4 is 52.8 Å². The summed E-state index contributed by atoms with van der Waals surface area (Å²) in [6.07, 6.45) is 1.64. The minimum absolute atomic E-state index is 0.0529. The van der Waals surface area contributed by atoms with E-state index in [2.05, 4.69) is 54.8 Å². The van der Waals surface area contributed by atoms with Crippen molar-refractivity contribution in [3.63, 3.8) is 0 Å². The number of hydrogen-bond acceptors (Lipinski definition) is 5. The van der Waals surface area contributed by atoms with Crippen LogP contribution in [0.2, 0.25) is 23.3 Å². The molecule has 204 valence electrons. The zero-order valence-corrected chi connectivity index (χ0v) is 26.2. The summed E-state index contributed by atoms with van der Waals surface area (Å²) in [5, 5.41) is 5.55. The summed E-state index contributed by atoms with van der Waals surface area (Å²) >= 11 is 9.65. The van der Waals surface area contributed by atoms with Crippen LogP contribution in [0.4, 0.5) is 9.18 Å². The van der Waals surface area contributed by atoms with Crippen LogP contribution in [-0.4, -0.2) is 58.9 Å². The Bertz CT molecular complexity index is 1250. The summed E-state index contributed by atoms with van der Waals surface area (Å²) in [7, 11) is -2.05. The molecule has 0 bridgehead atoms. The first-order valence-corrected chi connectivity index (χ1v) is 17.2. The highest BCUT2D eigenvalue weighted by molar-refractivity contribution is 9.10. The maximum Gasteiger partial charge on any atom is 0.410 e. The van der Waals surface area contributed by atoms with Gasteiger partial charge in [0.25, 0.3) is 0 Å². The summed E-state index contributed by atoms with van der Waals surface area (Å²) < 4.78 is 29.9. The van der Waals surface area contributed by atoms with Gasteiger partial charge >= 0.3 is 6.09 Å². The van der Waals surface area contributed by atoms with E-state index < -0.39 is 19.7 Å². The molecule has 0 aromatic carbocycles. The van der Waals surface area contributed by atoms with E-state index in [1.165, 1.54) is 0 Å². The van der Waals surface area contributed by atoms with Crippen molar-refractivity contribution in [1.82, 2.24) is 19.7 Å². The molecule has 4 atom stereocenters. The Labute approximate surface area is 232 Å². The molecule has 1 saturated heterocycles.